The maximum absolute atomic E-state index is 11.3. The molecule has 64 valence electrons. The van der Waals surface area contributed by atoms with Crippen molar-refractivity contribution in [3.63, 3.8) is 0 Å². The summed E-state index contributed by atoms with van der Waals surface area (Å²) in [5.41, 5.74) is 5.75. The van der Waals surface area contributed by atoms with Crippen molar-refractivity contribution in [3.05, 3.63) is 0 Å². The van der Waals surface area contributed by atoms with Gasteiger partial charge in [-0.25, -0.2) is 0 Å². The van der Waals surface area contributed by atoms with E-state index in [4.69, 9.17) is 5.73 Å². The Morgan fingerprint density at radius 2 is 2.36 bits per heavy atom. The molecule has 0 aliphatic heterocycles. The van der Waals surface area contributed by atoms with Crippen LogP contribution in [0.4, 0.5) is 0 Å². The number of amides is 1. The van der Waals surface area contributed by atoms with Crippen molar-refractivity contribution in [2.45, 2.75) is 32.2 Å². The van der Waals surface area contributed by atoms with Gasteiger partial charge in [-0.1, -0.05) is 6.42 Å². The Bertz CT molecular complexity index is 147. The summed E-state index contributed by atoms with van der Waals surface area (Å²) in [4.78, 5) is 11.3. The van der Waals surface area contributed by atoms with E-state index >= 15 is 0 Å². The molecule has 0 aromatic rings. The van der Waals surface area contributed by atoms with Crippen molar-refractivity contribution in [3.8, 4) is 0 Å². The van der Waals surface area contributed by atoms with E-state index in [1.807, 2.05) is 6.92 Å². The summed E-state index contributed by atoms with van der Waals surface area (Å²) in [6.45, 7) is 2.64. The highest BCUT2D eigenvalue weighted by molar-refractivity contribution is 5.79. The summed E-state index contributed by atoms with van der Waals surface area (Å²) < 4.78 is 0. The Morgan fingerprint density at radius 1 is 1.64 bits per heavy atom. The lowest BCUT2D eigenvalue weighted by molar-refractivity contribution is -0.125. The molecule has 1 saturated carbocycles. The van der Waals surface area contributed by atoms with E-state index in [9.17, 15) is 4.79 Å². The lowest BCUT2D eigenvalue weighted by Gasteiger charge is -2.13. The normalized spacial score (nSPS) is 30.4. The maximum Gasteiger partial charge on any atom is 0.224 e. The Hall–Kier alpha value is -0.570. The van der Waals surface area contributed by atoms with Crippen molar-refractivity contribution in [1.82, 2.24) is 5.32 Å². The molecular weight excluding hydrogens is 140 g/mol. The van der Waals surface area contributed by atoms with Crippen LogP contribution in [0.1, 0.15) is 26.2 Å². The van der Waals surface area contributed by atoms with Gasteiger partial charge < -0.3 is 11.1 Å². The molecule has 0 radical (unpaired) electrons. The third-order valence-corrected chi connectivity index (χ3v) is 2.26. The van der Waals surface area contributed by atoms with Crippen LogP contribution in [0.15, 0.2) is 0 Å². The van der Waals surface area contributed by atoms with Gasteiger partial charge in [0.25, 0.3) is 0 Å². The molecule has 3 N–H and O–H groups in total. The highest BCUT2D eigenvalue weighted by Crippen LogP contribution is 2.23. The maximum atomic E-state index is 11.3. The molecule has 0 aromatic heterocycles. The van der Waals surface area contributed by atoms with Gasteiger partial charge in [-0.2, -0.15) is 0 Å². The largest absolute Gasteiger partial charge is 0.356 e. The van der Waals surface area contributed by atoms with Gasteiger partial charge in [0.1, 0.15) is 0 Å². The molecule has 1 fully saturated rings. The number of nitrogens with one attached hydrogen (secondary N) is 1. The molecule has 3 nitrogen and oxygen atoms in total. The molecule has 0 bridgehead atoms. The van der Waals surface area contributed by atoms with Crippen LogP contribution in [0.3, 0.4) is 0 Å². The number of hydrogen-bond donors (Lipinski definition) is 2. The zero-order valence-corrected chi connectivity index (χ0v) is 6.97. The van der Waals surface area contributed by atoms with Crippen LogP contribution in [0.5, 0.6) is 0 Å². The van der Waals surface area contributed by atoms with Crippen LogP contribution in [-0.2, 0) is 4.79 Å². The van der Waals surface area contributed by atoms with Gasteiger partial charge in [-0.15, -0.1) is 0 Å². The number of carbonyl (C=O) groups is 1. The molecule has 1 amide bonds. The van der Waals surface area contributed by atoms with Crippen molar-refractivity contribution in [2.75, 3.05) is 6.54 Å². The first-order valence-electron chi connectivity index (χ1n) is 4.29. The van der Waals surface area contributed by atoms with Gasteiger partial charge in [0.2, 0.25) is 5.91 Å². The quantitative estimate of drug-likeness (QED) is 0.602. The summed E-state index contributed by atoms with van der Waals surface area (Å²) in [5.74, 6) is 0.215. The number of nitrogens with two attached hydrogens (primary N) is 1. The fourth-order valence-corrected chi connectivity index (χ4v) is 1.62. The summed E-state index contributed by atoms with van der Waals surface area (Å²) >= 11 is 0. The molecule has 2 atom stereocenters. The minimum atomic E-state index is 0.0787. The number of carbonyl (C=O) groups excluding carboxylic acids is 1. The molecule has 1 rings (SSSR count). The summed E-state index contributed by atoms with van der Waals surface area (Å²) in [7, 11) is 0. The van der Waals surface area contributed by atoms with E-state index < -0.39 is 0 Å². The van der Waals surface area contributed by atoms with E-state index in [1.165, 1.54) is 0 Å². The third kappa shape index (κ3) is 1.93. The summed E-state index contributed by atoms with van der Waals surface area (Å²) in [6.07, 6.45) is 3.07. The van der Waals surface area contributed by atoms with Crippen LogP contribution in [0.25, 0.3) is 0 Å². The molecule has 11 heavy (non-hydrogen) atoms. The average Bonchev–Trinajstić information content (AvgIpc) is 2.36. The Morgan fingerprint density at radius 3 is 2.82 bits per heavy atom. The van der Waals surface area contributed by atoms with Gasteiger partial charge >= 0.3 is 0 Å². The van der Waals surface area contributed by atoms with E-state index in [0.29, 0.717) is 6.54 Å². The summed E-state index contributed by atoms with van der Waals surface area (Å²) in [5, 5.41) is 2.80. The SMILES string of the molecule is CCNC(=O)[C@@H]1CCC[C@@H]1N. The van der Waals surface area contributed by atoms with Crippen LogP contribution in [0.2, 0.25) is 0 Å². The second-order valence-corrected chi connectivity index (χ2v) is 3.10. The van der Waals surface area contributed by atoms with E-state index in [-0.39, 0.29) is 17.9 Å². The Kier molecular flexibility index (Phi) is 2.88. The van der Waals surface area contributed by atoms with Crippen molar-refractivity contribution in [2.24, 2.45) is 11.7 Å². The van der Waals surface area contributed by atoms with Crippen LogP contribution < -0.4 is 11.1 Å². The molecule has 3 heteroatoms. The van der Waals surface area contributed by atoms with Crippen molar-refractivity contribution in [1.29, 1.82) is 0 Å². The second-order valence-electron chi connectivity index (χ2n) is 3.10. The van der Waals surface area contributed by atoms with Crippen molar-refractivity contribution >= 4 is 5.91 Å². The Balaban J connectivity index is 2.39. The van der Waals surface area contributed by atoms with Crippen LogP contribution in [0, 0.1) is 5.92 Å². The fraction of sp³-hybridized carbons (Fsp3) is 0.875. The summed E-state index contributed by atoms with van der Waals surface area (Å²) in [6, 6.07) is 0.0987. The fourth-order valence-electron chi connectivity index (χ4n) is 1.62. The third-order valence-electron chi connectivity index (χ3n) is 2.26. The smallest absolute Gasteiger partial charge is 0.224 e. The molecule has 0 heterocycles. The lowest BCUT2D eigenvalue weighted by atomic mass is 10.0. The number of hydrogen-bond acceptors (Lipinski definition) is 2. The predicted octanol–water partition coefficient (Wildman–Crippen LogP) is 0.250. The van der Waals surface area contributed by atoms with E-state index in [1.54, 1.807) is 0 Å². The standard InChI is InChI=1S/C8H16N2O/c1-2-10-8(11)6-4-3-5-7(6)9/h6-7H,2-5,9H2,1H3,(H,10,11)/t6-,7+/m1/s1. The Labute approximate surface area is 67.3 Å². The molecule has 0 aromatic carbocycles. The first-order valence-corrected chi connectivity index (χ1v) is 4.29. The van der Waals surface area contributed by atoms with Gasteiger partial charge in [0.15, 0.2) is 0 Å². The second kappa shape index (κ2) is 3.72. The number of rotatable bonds is 2. The topological polar surface area (TPSA) is 55.1 Å². The lowest BCUT2D eigenvalue weighted by Crippen LogP contribution is -2.38. The first kappa shape index (κ1) is 8.53. The molecule has 0 unspecified atom stereocenters. The minimum Gasteiger partial charge on any atom is -0.356 e. The molecule has 0 saturated heterocycles. The first-order chi connectivity index (χ1) is 5.25. The van der Waals surface area contributed by atoms with Crippen molar-refractivity contribution < 1.29 is 4.79 Å². The molecular formula is C8H16N2O. The minimum absolute atomic E-state index is 0.0787. The highest BCUT2D eigenvalue weighted by Gasteiger charge is 2.29. The molecule has 0 spiro atoms. The average molecular weight is 156 g/mol. The van der Waals surface area contributed by atoms with Crippen LogP contribution in [-0.4, -0.2) is 18.5 Å². The van der Waals surface area contributed by atoms with Gasteiger partial charge in [0.05, 0.1) is 5.92 Å². The highest BCUT2D eigenvalue weighted by atomic mass is 16.1. The molecule has 1 aliphatic carbocycles. The predicted molar refractivity (Wildman–Crippen MR) is 44.0 cm³/mol. The van der Waals surface area contributed by atoms with Gasteiger partial charge in [-0.05, 0) is 19.8 Å². The van der Waals surface area contributed by atoms with Gasteiger partial charge in [-0.3, -0.25) is 4.79 Å². The molecule has 1 aliphatic rings. The zero-order valence-electron chi connectivity index (χ0n) is 6.97. The zero-order chi connectivity index (χ0) is 8.27. The van der Waals surface area contributed by atoms with E-state index in [0.717, 1.165) is 19.3 Å². The monoisotopic (exact) mass is 156 g/mol. The van der Waals surface area contributed by atoms with E-state index in [2.05, 4.69) is 5.32 Å². The van der Waals surface area contributed by atoms with Gasteiger partial charge in [0, 0.05) is 12.6 Å². The van der Waals surface area contributed by atoms with Crippen LogP contribution >= 0.6 is 0 Å².